The zero-order chi connectivity index (χ0) is 11.1. The van der Waals surface area contributed by atoms with E-state index in [1.54, 1.807) is 24.5 Å². The summed E-state index contributed by atoms with van der Waals surface area (Å²) in [6.45, 7) is 3.77. The highest BCUT2D eigenvalue weighted by Crippen LogP contribution is 2.37. The van der Waals surface area contributed by atoms with Crippen molar-refractivity contribution in [1.29, 1.82) is 0 Å². The van der Waals surface area contributed by atoms with Gasteiger partial charge in [0.25, 0.3) is 0 Å². The number of thiazole rings is 1. The Morgan fingerprint density at radius 1 is 1.53 bits per heavy atom. The maximum absolute atomic E-state index is 10.5. The number of nitrogens with zero attached hydrogens (tertiary/aromatic N) is 1. The van der Waals surface area contributed by atoms with E-state index in [1.807, 2.05) is 18.4 Å². The SMILES string of the molecule is Cc1ccsc1C(C)(O)c1cnc(N)s1. The first-order valence-electron chi connectivity index (χ1n) is 4.50. The fourth-order valence-electron chi connectivity index (χ4n) is 1.50. The van der Waals surface area contributed by atoms with Crippen molar-refractivity contribution in [2.45, 2.75) is 19.4 Å². The number of thiophene rings is 1. The summed E-state index contributed by atoms with van der Waals surface area (Å²) in [6, 6.07) is 2.00. The number of anilines is 1. The summed E-state index contributed by atoms with van der Waals surface area (Å²) < 4.78 is 0. The van der Waals surface area contributed by atoms with E-state index in [0.717, 1.165) is 15.3 Å². The summed E-state index contributed by atoms with van der Waals surface area (Å²) in [6.07, 6.45) is 1.64. The van der Waals surface area contributed by atoms with Gasteiger partial charge in [0.1, 0.15) is 5.60 Å². The summed E-state index contributed by atoms with van der Waals surface area (Å²) >= 11 is 2.87. The molecule has 0 aromatic carbocycles. The zero-order valence-corrected chi connectivity index (χ0v) is 10.2. The van der Waals surface area contributed by atoms with Crippen molar-refractivity contribution in [1.82, 2.24) is 4.98 Å². The van der Waals surface area contributed by atoms with Gasteiger partial charge in [-0.2, -0.15) is 0 Å². The first kappa shape index (κ1) is 10.6. The van der Waals surface area contributed by atoms with Crippen LogP contribution in [-0.2, 0) is 5.60 Å². The van der Waals surface area contributed by atoms with E-state index < -0.39 is 5.60 Å². The molecule has 0 bridgehead atoms. The highest BCUT2D eigenvalue weighted by molar-refractivity contribution is 7.16. The standard InChI is InChI=1S/C10H12N2OS2/c1-6-3-4-14-8(6)10(2,13)7-5-12-9(11)15-7/h3-5,13H,1-2H3,(H2,11,12). The summed E-state index contributed by atoms with van der Waals surface area (Å²) in [4.78, 5) is 5.70. The molecule has 0 aliphatic carbocycles. The van der Waals surface area contributed by atoms with Crippen LogP contribution in [-0.4, -0.2) is 10.1 Å². The van der Waals surface area contributed by atoms with Crippen LogP contribution in [0.15, 0.2) is 17.6 Å². The lowest BCUT2D eigenvalue weighted by atomic mass is 10.0. The summed E-state index contributed by atoms with van der Waals surface area (Å²) in [5.41, 5.74) is 5.68. The lowest BCUT2D eigenvalue weighted by Crippen LogP contribution is -2.20. The molecule has 2 heterocycles. The number of hydrogen-bond acceptors (Lipinski definition) is 5. The fourth-order valence-corrected chi connectivity index (χ4v) is 3.30. The lowest BCUT2D eigenvalue weighted by Gasteiger charge is -2.20. The average molecular weight is 240 g/mol. The number of aromatic nitrogens is 1. The average Bonchev–Trinajstić information content (AvgIpc) is 2.74. The predicted octanol–water partition coefficient (Wildman–Crippen LogP) is 2.35. The molecule has 0 spiro atoms. The van der Waals surface area contributed by atoms with E-state index in [1.165, 1.54) is 11.3 Å². The lowest BCUT2D eigenvalue weighted by molar-refractivity contribution is 0.109. The Hall–Kier alpha value is -0.910. The van der Waals surface area contributed by atoms with Crippen molar-refractivity contribution < 1.29 is 5.11 Å². The molecule has 0 aliphatic heterocycles. The Balaban J connectivity index is 2.47. The van der Waals surface area contributed by atoms with Crippen LogP contribution in [0, 0.1) is 6.92 Å². The Labute approximate surface area is 96.2 Å². The minimum Gasteiger partial charge on any atom is -0.379 e. The number of aryl methyl sites for hydroxylation is 1. The van der Waals surface area contributed by atoms with E-state index in [-0.39, 0.29) is 0 Å². The molecule has 80 valence electrons. The highest BCUT2D eigenvalue weighted by Gasteiger charge is 2.30. The summed E-state index contributed by atoms with van der Waals surface area (Å²) in [7, 11) is 0. The molecule has 15 heavy (non-hydrogen) atoms. The third-order valence-electron chi connectivity index (χ3n) is 2.31. The predicted molar refractivity (Wildman–Crippen MR) is 64.3 cm³/mol. The van der Waals surface area contributed by atoms with E-state index in [9.17, 15) is 5.11 Å². The Kier molecular flexibility index (Phi) is 2.54. The van der Waals surface area contributed by atoms with Crippen LogP contribution < -0.4 is 5.73 Å². The second-order valence-electron chi connectivity index (χ2n) is 3.57. The molecule has 2 aromatic heterocycles. The third kappa shape index (κ3) is 1.78. The molecule has 0 fully saturated rings. The zero-order valence-electron chi connectivity index (χ0n) is 8.52. The second kappa shape index (κ2) is 3.59. The van der Waals surface area contributed by atoms with Gasteiger partial charge in [0.15, 0.2) is 5.13 Å². The van der Waals surface area contributed by atoms with Gasteiger partial charge in [0, 0.05) is 11.1 Å². The number of nitrogens with two attached hydrogens (primary N) is 1. The van der Waals surface area contributed by atoms with Crippen LogP contribution in [0.4, 0.5) is 5.13 Å². The largest absolute Gasteiger partial charge is 0.379 e. The molecule has 0 radical (unpaired) electrons. The normalized spacial score (nSPS) is 15.1. The highest BCUT2D eigenvalue weighted by atomic mass is 32.1. The minimum absolute atomic E-state index is 0.486. The van der Waals surface area contributed by atoms with Crippen LogP contribution in [0.2, 0.25) is 0 Å². The van der Waals surface area contributed by atoms with Crippen molar-refractivity contribution in [3.05, 3.63) is 33.0 Å². The van der Waals surface area contributed by atoms with E-state index in [2.05, 4.69) is 4.98 Å². The van der Waals surface area contributed by atoms with Crippen molar-refractivity contribution >= 4 is 27.8 Å². The number of aliphatic hydroxyl groups is 1. The molecule has 2 aromatic rings. The summed E-state index contributed by atoms with van der Waals surface area (Å²) in [5, 5.41) is 12.9. The topological polar surface area (TPSA) is 59.1 Å². The Morgan fingerprint density at radius 2 is 2.27 bits per heavy atom. The Bertz CT molecular complexity index is 473. The summed E-state index contributed by atoms with van der Waals surface area (Å²) in [5.74, 6) is 0. The van der Waals surface area contributed by atoms with Gasteiger partial charge in [-0.25, -0.2) is 4.98 Å². The van der Waals surface area contributed by atoms with Gasteiger partial charge in [-0.05, 0) is 30.9 Å². The third-order valence-corrected chi connectivity index (χ3v) is 4.57. The van der Waals surface area contributed by atoms with Crippen LogP contribution in [0.3, 0.4) is 0 Å². The number of nitrogen functional groups attached to an aromatic ring is 1. The molecule has 0 saturated carbocycles. The van der Waals surface area contributed by atoms with Crippen LogP contribution >= 0.6 is 22.7 Å². The molecular formula is C10H12N2OS2. The van der Waals surface area contributed by atoms with Crippen molar-refractivity contribution in [3.8, 4) is 0 Å². The minimum atomic E-state index is -0.979. The maximum Gasteiger partial charge on any atom is 0.180 e. The molecule has 1 atom stereocenters. The van der Waals surface area contributed by atoms with Crippen molar-refractivity contribution in [3.63, 3.8) is 0 Å². The van der Waals surface area contributed by atoms with Gasteiger partial charge in [-0.3, -0.25) is 0 Å². The smallest absolute Gasteiger partial charge is 0.180 e. The first-order chi connectivity index (χ1) is 7.01. The fraction of sp³-hybridized carbons (Fsp3) is 0.300. The second-order valence-corrected chi connectivity index (χ2v) is 5.55. The molecule has 1 unspecified atom stereocenters. The molecular weight excluding hydrogens is 228 g/mol. The molecule has 5 heteroatoms. The van der Waals surface area contributed by atoms with Crippen LogP contribution in [0.1, 0.15) is 22.2 Å². The quantitative estimate of drug-likeness (QED) is 0.847. The van der Waals surface area contributed by atoms with Gasteiger partial charge in [-0.15, -0.1) is 11.3 Å². The van der Waals surface area contributed by atoms with Crippen molar-refractivity contribution in [2.75, 3.05) is 5.73 Å². The molecule has 2 rings (SSSR count). The molecule has 0 saturated heterocycles. The van der Waals surface area contributed by atoms with Gasteiger partial charge >= 0.3 is 0 Å². The van der Waals surface area contributed by atoms with Crippen molar-refractivity contribution in [2.24, 2.45) is 0 Å². The number of hydrogen-bond donors (Lipinski definition) is 2. The van der Waals surface area contributed by atoms with E-state index >= 15 is 0 Å². The van der Waals surface area contributed by atoms with E-state index in [0.29, 0.717) is 5.13 Å². The monoisotopic (exact) mass is 240 g/mol. The first-order valence-corrected chi connectivity index (χ1v) is 6.20. The number of rotatable bonds is 2. The van der Waals surface area contributed by atoms with Crippen LogP contribution in [0.5, 0.6) is 0 Å². The molecule has 3 N–H and O–H groups in total. The molecule has 3 nitrogen and oxygen atoms in total. The van der Waals surface area contributed by atoms with Crippen LogP contribution in [0.25, 0.3) is 0 Å². The maximum atomic E-state index is 10.5. The van der Waals surface area contributed by atoms with Gasteiger partial charge in [0.2, 0.25) is 0 Å². The molecule has 0 amide bonds. The van der Waals surface area contributed by atoms with Gasteiger partial charge < -0.3 is 10.8 Å². The Morgan fingerprint density at radius 3 is 2.73 bits per heavy atom. The van der Waals surface area contributed by atoms with Gasteiger partial charge in [0.05, 0.1) is 4.88 Å². The van der Waals surface area contributed by atoms with E-state index in [4.69, 9.17) is 5.73 Å². The molecule has 0 aliphatic rings. The van der Waals surface area contributed by atoms with Gasteiger partial charge in [-0.1, -0.05) is 11.3 Å².